The minimum absolute atomic E-state index is 0.241. The van der Waals surface area contributed by atoms with Crippen molar-refractivity contribution in [2.24, 2.45) is 11.1 Å². The molecule has 0 aliphatic carbocycles. The molecule has 0 aromatic rings. The fraction of sp³-hybridized carbons (Fsp3) is 0.500. The van der Waals surface area contributed by atoms with Gasteiger partial charge in [0.05, 0.1) is 5.41 Å². The van der Waals surface area contributed by atoms with Gasteiger partial charge in [0.2, 0.25) is 11.8 Å². The van der Waals surface area contributed by atoms with E-state index in [-0.39, 0.29) is 6.54 Å². The SMILES string of the molecule is CC1(C(N)=O)CCN(C(=O)/C=C/C(=O)O)C1. The lowest BCUT2D eigenvalue weighted by Gasteiger charge is -2.19. The highest BCUT2D eigenvalue weighted by molar-refractivity contribution is 5.94. The first-order valence-corrected chi connectivity index (χ1v) is 4.85. The Morgan fingerprint density at radius 3 is 2.44 bits per heavy atom. The van der Waals surface area contributed by atoms with Gasteiger partial charge in [0.1, 0.15) is 0 Å². The number of likely N-dealkylation sites (tertiary alicyclic amines) is 1. The maximum atomic E-state index is 11.5. The molecule has 1 saturated heterocycles. The molecule has 1 fully saturated rings. The average Bonchev–Trinajstić information content (AvgIpc) is 2.59. The number of nitrogens with two attached hydrogens (primary N) is 1. The number of aliphatic carboxylic acids is 1. The van der Waals surface area contributed by atoms with E-state index in [0.717, 1.165) is 12.2 Å². The third-order valence-corrected chi connectivity index (χ3v) is 2.75. The Bertz CT molecular complexity index is 364. The highest BCUT2D eigenvalue weighted by atomic mass is 16.4. The third kappa shape index (κ3) is 2.59. The third-order valence-electron chi connectivity index (χ3n) is 2.75. The van der Waals surface area contributed by atoms with Crippen LogP contribution in [-0.4, -0.2) is 40.9 Å². The van der Waals surface area contributed by atoms with Crippen molar-refractivity contribution in [3.05, 3.63) is 12.2 Å². The number of carboxylic acids is 1. The van der Waals surface area contributed by atoms with Crippen LogP contribution in [0.4, 0.5) is 0 Å². The molecule has 6 heteroatoms. The first kappa shape index (κ1) is 12.2. The smallest absolute Gasteiger partial charge is 0.328 e. The maximum Gasteiger partial charge on any atom is 0.328 e. The first-order chi connectivity index (χ1) is 7.35. The van der Waals surface area contributed by atoms with Crippen molar-refractivity contribution in [3.8, 4) is 0 Å². The van der Waals surface area contributed by atoms with E-state index in [4.69, 9.17) is 10.8 Å². The lowest BCUT2D eigenvalue weighted by atomic mass is 9.89. The van der Waals surface area contributed by atoms with Gasteiger partial charge >= 0.3 is 5.97 Å². The summed E-state index contributed by atoms with van der Waals surface area (Å²) in [6, 6.07) is 0. The molecule has 0 aromatic carbocycles. The number of hydrogen-bond acceptors (Lipinski definition) is 3. The molecule has 88 valence electrons. The van der Waals surface area contributed by atoms with Crippen molar-refractivity contribution in [1.29, 1.82) is 0 Å². The Labute approximate surface area is 92.7 Å². The van der Waals surface area contributed by atoms with Gasteiger partial charge in [0.15, 0.2) is 0 Å². The molecule has 0 saturated carbocycles. The maximum absolute atomic E-state index is 11.5. The summed E-state index contributed by atoms with van der Waals surface area (Å²) in [5, 5.41) is 8.36. The van der Waals surface area contributed by atoms with Crippen LogP contribution in [0.5, 0.6) is 0 Å². The molecule has 2 amide bonds. The van der Waals surface area contributed by atoms with Gasteiger partial charge in [0.25, 0.3) is 0 Å². The van der Waals surface area contributed by atoms with Crippen LogP contribution in [0.25, 0.3) is 0 Å². The summed E-state index contributed by atoms with van der Waals surface area (Å²) in [7, 11) is 0. The topological polar surface area (TPSA) is 101 Å². The number of carboxylic acid groups (broad SMARTS) is 1. The Morgan fingerprint density at radius 1 is 1.38 bits per heavy atom. The van der Waals surface area contributed by atoms with E-state index in [0.29, 0.717) is 13.0 Å². The van der Waals surface area contributed by atoms with E-state index in [1.54, 1.807) is 6.92 Å². The van der Waals surface area contributed by atoms with Crippen LogP contribution in [0.3, 0.4) is 0 Å². The van der Waals surface area contributed by atoms with Gasteiger partial charge < -0.3 is 15.7 Å². The normalized spacial score (nSPS) is 24.9. The van der Waals surface area contributed by atoms with E-state index in [2.05, 4.69) is 0 Å². The van der Waals surface area contributed by atoms with E-state index in [9.17, 15) is 14.4 Å². The van der Waals surface area contributed by atoms with Gasteiger partial charge in [-0.25, -0.2) is 4.79 Å². The summed E-state index contributed by atoms with van der Waals surface area (Å²) in [6.45, 7) is 2.36. The van der Waals surface area contributed by atoms with Gasteiger partial charge in [-0.1, -0.05) is 0 Å². The molecular weight excluding hydrogens is 212 g/mol. The van der Waals surface area contributed by atoms with Gasteiger partial charge in [-0.05, 0) is 13.3 Å². The predicted octanol–water partition coefficient (Wildman–Crippen LogP) is -0.649. The van der Waals surface area contributed by atoms with Crippen molar-refractivity contribution in [3.63, 3.8) is 0 Å². The Balaban J connectivity index is 2.63. The average molecular weight is 226 g/mol. The van der Waals surface area contributed by atoms with Crippen molar-refractivity contribution >= 4 is 17.8 Å². The summed E-state index contributed by atoms with van der Waals surface area (Å²) >= 11 is 0. The zero-order valence-electron chi connectivity index (χ0n) is 8.97. The van der Waals surface area contributed by atoms with Crippen LogP contribution >= 0.6 is 0 Å². The molecule has 0 radical (unpaired) electrons. The van der Waals surface area contributed by atoms with Gasteiger partial charge in [-0.2, -0.15) is 0 Å². The minimum Gasteiger partial charge on any atom is -0.478 e. The summed E-state index contributed by atoms with van der Waals surface area (Å²) in [5.74, 6) is -2.03. The van der Waals surface area contributed by atoms with Crippen LogP contribution in [0.1, 0.15) is 13.3 Å². The molecule has 1 atom stereocenters. The van der Waals surface area contributed by atoms with E-state index in [1.165, 1.54) is 4.90 Å². The van der Waals surface area contributed by atoms with Crippen LogP contribution in [-0.2, 0) is 14.4 Å². The first-order valence-electron chi connectivity index (χ1n) is 4.85. The fourth-order valence-corrected chi connectivity index (χ4v) is 1.60. The molecule has 1 unspecified atom stereocenters. The summed E-state index contributed by atoms with van der Waals surface area (Å²) in [4.78, 5) is 34.3. The summed E-state index contributed by atoms with van der Waals surface area (Å²) < 4.78 is 0. The standard InChI is InChI=1S/C10H14N2O4/c1-10(9(11)16)4-5-12(6-10)7(13)2-3-8(14)15/h2-3H,4-6H2,1H3,(H2,11,16)(H,14,15)/b3-2+. The zero-order chi connectivity index (χ0) is 12.3. The highest BCUT2D eigenvalue weighted by Gasteiger charge is 2.40. The largest absolute Gasteiger partial charge is 0.478 e. The Morgan fingerprint density at radius 2 is 2.00 bits per heavy atom. The van der Waals surface area contributed by atoms with Crippen LogP contribution in [0, 0.1) is 5.41 Å². The van der Waals surface area contributed by atoms with Crippen molar-refractivity contribution in [2.75, 3.05) is 13.1 Å². The molecule has 1 heterocycles. The van der Waals surface area contributed by atoms with E-state index >= 15 is 0 Å². The van der Waals surface area contributed by atoms with Gasteiger partial charge in [-0.3, -0.25) is 9.59 Å². The molecule has 0 bridgehead atoms. The number of carbonyl (C=O) groups is 3. The number of nitrogens with zero attached hydrogens (tertiary/aromatic N) is 1. The highest BCUT2D eigenvalue weighted by Crippen LogP contribution is 2.29. The van der Waals surface area contributed by atoms with Crippen molar-refractivity contribution in [2.45, 2.75) is 13.3 Å². The fourth-order valence-electron chi connectivity index (χ4n) is 1.60. The van der Waals surface area contributed by atoms with Crippen molar-refractivity contribution < 1.29 is 19.5 Å². The van der Waals surface area contributed by atoms with Crippen molar-refractivity contribution in [1.82, 2.24) is 4.90 Å². The quantitative estimate of drug-likeness (QED) is 0.624. The lowest BCUT2D eigenvalue weighted by molar-refractivity contribution is -0.132. The molecule has 1 rings (SSSR count). The molecule has 16 heavy (non-hydrogen) atoms. The molecule has 6 nitrogen and oxygen atoms in total. The number of carbonyl (C=O) groups excluding carboxylic acids is 2. The van der Waals surface area contributed by atoms with Crippen LogP contribution in [0.15, 0.2) is 12.2 Å². The van der Waals surface area contributed by atoms with Crippen LogP contribution in [0.2, 0.25) is 0 Å². The molecule has 0 spiro atoms. The molecule has 1 aliphatic heterocycles. The second-order valence-electron chi connectivity index (χ2n) is 4.11. The van der Waals surface area contributed by atoms with E-state index in [1.807, 2.05) is 0 Å². The number of amides is 2. The van der Waals surface area contributed by atoms with Crippen LogP contribution < -0.4 is 5.73 Å². The minimum atomic E-state index is -1.18. The second kappa shape index (κ2) is 4.34. The molecule has 1 aliphatic rings. The number of rotatable bonds is 3. The summed E-state index contributed by atoms with van der Waals surface area (Å²) in [5.41, 5.74) is 4.53. The second-order valence-corrected chi connectivity index (χ2v) is 4.11. The van der Waals surface area contributed by atoms with E-state index < -0.39 is 23.2 Å². The van der Waals surface area contributed by atoms with Gasteiger partial charge in [0, 0.05) is 25.2 Å². The molecular formula is C10H14N2O4. The Kier molecular flexibility index (Phi) is 3.31. The molecule has 3 N–H and O–H groups in total. The monoisotopic (exact) mass is 226 g/mol. The lowest BCUT2D eigenvalue weighted by Crippen LogP contribution is -2.38. The predicted molar refractivity (Wildman–Crippen MR) is 55.3 cm³/mol. The van der Waals surface area contributed by atoms with Gasteiger partial charge in [-0.15, -0.1) is 0 Å². The zero-order valence-corrected chi connectivity index (χ0v) is 8.97. The number of primary amides is 1. The molecule has 0 aromatic heterocycles. The number of hydrogen-bond donors (Lipinski definition) is 2. The summed E-state index contributed by atoms with van der Waals surface area (Å²) in [6.07, 6.45) is 2.27. The Hall–Kier alpha value is -1.85.